The Morgan fingerprint density at radius 1 is 1.04 bits per heavy atom. The van der Waals surface area contributed by atoms with Crippen LogP contribution >= 0.6 is 11.6 Å². The maximum atomic E-state index is 12.6. The van der Waals surface area contributed by atoms with Gasteiger partial charge in [-0.1, -0.05) is 41.9 Å². The molecule has 0 atom stereocenters. The summed E-state index contributed by atoms with van der Waals surface area (Å²) in [5, 5.41) is 2.69. The van der Waals surface area contributed by atoms with E-state index in [-0.39, 0.29) is 17.3 Å². The van der Waals surface area contributed by atoms with Crippen molar-refractivity contribution in [3.05, 3.63) is 76.5 Å². The number of halogens is 1. The van der Waals surface area contributed by atoms with Gasteiger partial charge in [0, 0.05) is 5.69 Å². The monoisotopic (exact) mass is 370 g/mol. The molecule has 2 aromatic rings. The molecule has 26 heavy (non-hydrogen) atoms. The minimum absolute atomic E-state index is 0.0124. The third-order valence-electron chi connectivity index (χ3n) is 3.87. The molecule has 2 aromatic carbocycles. The van der Waals surface area contributed by atoms with E-state index in [9.17, 15) is 14.4 Å². The zero-order chi connectivity index (χ0) is 18.7. The summed E-state index contributed by atoms with van der Waals surface area (Å²) in [7, 11) is 1.29. The van der Waals surface area contributed by atoms with E-state index >= 15 is 0 Å². The number of benzene rings is 2. The van der Waals surface area contributed by atoms with E-state index in [2.05, 4.69) is 10.1 Å². The first-order valence-corrected chi connectivity index (χ1v) is 8.14. The first-order valence-electron chi connectivity index (χ1n) is 7.76. The molecule has 0 aromatic heterocycles. The summed E-state index contributed by atoms with van der Waals surface area (Å²) in [6.07, 6.45) is 0. The number of rotatable bonds is 5. The lowest BCUT2D eigenvalue weighted by molar-refractivity contribution is -0.138. The fraction of sp³-hybridized carbons (Fsp3) is 0.105. The van der Waals surface area contributed by atoms with Gasteiger partial charge in [0.05, 0.1) is 19.2 Å². The van der Waals surface area contributed by atoms with E-state index < -0.39 is 17.8 Å². The van der Waals surface area contributed by atoms with Crippen molar-refractivity contribution in [3.8, 4) is 0 Å². The molecule has 1 heterocycles. The molecule has 7 heteroatoms. The molecule has 1 aliphatic heterocycles. The molecule has 0 spiro atoms. The Balaban J connectivity index is 1.76. The number of anilines is 1. The fourth-order valence-corrected chi connectivity index (χ4v) is 2.75. The van der Waals surface area contributed by atoms with Crippen molar-refractivity contribution in [1.29, 1.82) is 0 Å². The van der Waals surface area contributed by atoms with Crippen LogP contribution in [0.2, 0.25) is 0 Å². The highest BCUT2D eigenvalue weighted by atomic mass is 35.5. The van der Waals surface area contributed by atoms with Crippen LogP contribution in [-0.2, 0) is 20.9 Å². The molecule has 0 saturated heterocycles. The van der Waals surface area contributed by atoms with E-state index in [1.165, 1.54) is 7.11 Å². The number of methoxy groups -OCH3 is 1. The molecular formula is C19H15ClN2O4. The zero-order valence-electron chi connectivity index (χ0n) is 13.9. The lowest BCUT2D eigenvalue weighted by Crippen LogP contribution is -2.31. The molecule has 0 fully saturated rings. The predicted octanol–water partition coefficient (Wildman–Crippen LogP) is 2.90. The number of amides is 2. The van der Waals surface area contributed by atoms with Crippen molar-refractivity contribution < 1.29 is 19.1 Å². The van der Waals surface area contributed by atoms with Crippen molar-refractivity contribution in [3.63, 3.8) is 0 Å². The van der Waals surface area contributed by atoms with Crippen molar-refractivity contribution in [2.75, 3.05) is 12.4 Å². The van der Waals surface area contributed by atoms with E-state index in [0.29, 0.717) is 11.3 Å². The zero-order valence-corrected chi connectivity index (χ0v) is 14.6. The van der Waals surface area contributed by atoms with Crippen LogP contribution in [0.4, 0.5) is 5.69 Å². The summed E-state index contributed by atoms with van der Waals surface area (Å²) in [4.78, 5) is 37.4. The Morgan fingerprint density at radius 3 is 2.31 bits per heavy atom. The van der Waals surface area contributed by atoms with Crippen molar-refractivity contribution in [1.82, 2.24) is 4.90 Å². The Morgan fingerprint density at radius 2 is 1.69 bits per heavy atom. The van der Waals surface area contributed by atoms with Crippen LogP contribution in [0.15, 0.2) is 65.3 Å². The van der Waals surface area contributed by atoms with Gasteiger partial charge in [-0.3, -0.25) is 14.5 Å². The number of ether oxygens (including phenoxy) is 1. The number of hydrogen-bond donors (Lipinski definition) is 1. The SMILES string of the molecule is COC(=O)c1ccc(NC2=C(Cl)C(=O)N(Cc3ccccc3)C2=O)cc1. The second-order valence-corrected chi connectivity index (χ2v) is 5.94. The van der Waals surface area contributed by atoms with Crippen LogP contribution in [0.1, 0.15) is 15.9 Å². The maximum Gasteiger partial charge on any atom is 0.337 e. The van der Waals surface area contributed by atoms with Crippen LogP contribution in [0.25, 0.3) is 0 Å². The van der Waals surface area contributed by atoms with Gasteiger partial charge < -0.3 is 10.1 Å². The first-order chi connectivity index (χ1) is 12.5. The summed E-state index contributed by atoms with van der Waals surface area (Å²) in [5.41, 5.74) is 1.73. The molecule has 2 amide bonds. The van der Waals surface area contributed by atoms with Gasteiger partial charge in [0.25, 0.3) is 11.8 Å². The van der Waals surface area contributed by atoms with Gasteiger partial charge in [0.2, 0.25) is 0 Å². The summed E-state index contributed by atoms with van der Waals surface area (Å²) in [5.74, 6) is -1.51. The number of nitrogens with zero attached hydrogens (tertiary/aromatic N) is 1. The van der Waals surface area contributed by atoms with Gasteiger partial charge in [-0.25, -0.2) is 4.79 Å². The van der Waals surface area contributed by atoms with Gasteiger partial charge in [-0.05, 0) is 29.8 Å². The average Bonchev–Trinajstić information content (AvgIpc) is 2.87. The van der Waals surface area contributed by atoms with Crippen LogP contribution < -0.4 is 5.32 Å². The highest BCUT2D eigenvalue weighted by Crippen LogP contribution is 2.27. The summed E-state index contributed by atoms with van der Waals surface area (Å²) in [6, 6.07) is 15.5. The highest BCUT2D eigenvalue weighted by Gasteiger charge is 2.37. The molecule has 132 valence electrons. The normalized spacial score (nSPS) is 14.0. The lowest BCUT2D eigenvalue weighted by atomic mass is 10.2. The van der Waals surface area contributed by atoms with Crippen LogP contribution in [0, 0.1) is 0 Å². The smallest absolute Gasteiger partial charge is 0.337 e. The summed E-state index contributed by atoms with van der Waals surface area (Å²) >= 11 is 6.07. The number of nitrogens with one attached hydrogen (secondary N) is 1. The molecular weight excluding hydrogens is 356 g/mol. The maximum absolute atomic E-state index is 12.6. The number of esters is 1. The van der Waals surface area contributed by atoms with Crippen LogP contribution in [0.5, 0.6) is 0 Å². The summed E-state index contributed by atoms with van der Waals surface area (Å²) < 4.78 is 4.63. The van der Waals surface area contributed by atoms with Crippen LogP contribution in [-0.4, -0.2) is 29.8 Å². The minimum atomic E-state index is -0.547. The second-order valence-electron chi connectivity index (χ2n) is 5.56. The molecule has 0 bridgehead atoms. The number of hydrogen-bond acceptors (Lipinski definition) is 5. The number of carbonyl (C=O) groups excluding carboxylic acids is 3. The van der Waals surface area contributed by atoms with E-state index in [1.54, 1.807) is 24.3 Å². The largest absolute Gasteiger partial charge is 0.465 e. The van der Waals surface area contributed by atoms with Gasteiger partial charge in [-0.2, -0.15) is 0 Å². The van der Waals surface area contributed by atoms with Crippen molar-refractivity contribution in [2.24, 2.45) is 0 Å². The van der Waals surface area contributed by atoms with Gasteiger partial charge >= 0.3 is 5.97 Å². The second kappa shape index (κ2) is 7.41. The van der Waals surface area contributed by atoms with Crippen LogP contribution in [0.3, 0.4) is 0 Å². The number of carbonyl (C=O) groups is 3. The standard InChI is InChI=1S/C19H15ClN2O4/c1-26-19(25)13-7-9-14(10-8-13)21-16-15(20)17(23)22(18(16)24)11-12-5-3-2-4-6-12/h2-10,21H,11H2,1H3. The molecule has 1 aliphatic rings. The minimum Gasteiger partial charge on any atom is -0.465 e. The third-order valence-corrected chi connectivity index (χ3v) is 4.22. The fourth-order valence-electron chi connectivity index (χ4n) is 2.52. The van der Waals surface area contributed by atoms with E-state index in [1.807, 2.05) is 30.3 Å². The Kier molecular flexibility index (Phi) is 5.04. The molecule has 0 saturated carbocycles. The number of imide groups is 1. The molecule has 0 radical (unpaired) electrons. The van der Waals surface area contributed by atoms with Gasteiger partial charge in [0.1, 0.15) is 10.7 Å². The Hall–Kier alpha value is -3.12. The molecule has 3 rings (SSSR count). The predicted molar refractivity (Wildman–Crippen MR) is 96.3 cm³/mol. The topological polar surface area (TPSA) is 75.7 Å². The van der Waals surface area contributed by atoms with Gasteiger partial charge in [-0.15, -0.1) is 0 Å². The van der Waals surface area contributed by atoms with E-state index in [4.69, 9.17) is 11.6 Å². The molecule has 0 unspecified atom stereocenters. The van der Waals surface area contributed by atoms with Gasteiger partial charge in [0.15, 0.2) is 0 Å². The lowest BCUT2D eigenvalue weighted by Gasteiger charge is -2.15. The molecule has 1 N–H and O–H groups in total. The van der Waals surface area contributed by atoms with E-state index in [0.717, 1.165) is 10.5 Å². The third kappa shape index (κ3) is 3.45. The van der Waals surface area contributed by atoms with Crippen molar-refractivity contribution >= 4 is 35.1 Å². The average molecular weight is 371 g/mol. The Labute approximate surface area is 155 Å². The molecule has 0 aliphatic carbocycles. The summed E-state index contributed by atoms with van der Waals surface area (Å²) in [6.45, 7) is 0.140. The first kappa shape index (κ1) is 17.7. The molecule has 6 nitrogen and oxygen atoms in total. The van der Waals surface area contributed by atoms with Crippen molar-refractivity contribution in [2.45, 2.75) is 6.54 Å². The Bertz CT molecular complexity index is 892. The highest BCUT2D eigenvalue weighted by molar-refractivity contribution is 6.48. The quantitative estimate of drug-likeness (QED) is 0.647.